The van der Waals surface area contributed by atoms with Crippen molar-refractivity contribution >= 4 is 34.7 Å². The van der Waals surface area contributed by atoms with Crippen LogP contribution in [0.3, 0.4) is 0 Å². The minimum Gasteiger partial charge on any atom is -0.509 e. The monoisotopic (exact) mass is 325 g/mol. The molecule has 2 N–H and O–H groups in total. The van der Waals surface area contributed by atoms with E-state index in [1.807, 2.05) is 6.92 Å². The highest BCUT2D eigenvalue weighted by Crippen LogP contribution is 2.44. The maximum atomic E-state index is 12.4. The third kappa shape index (κ3) is 2.23. The molecule has 1 aliphatic heterocycles. The molecular formula is C16H17Cl2NO2. The van der Waals surface area contributed by atoms with Crippen molar-refractivity contribution < 1.29 is 9.90 Å². The van der Waals surface area contributed by atoms with Crippen molar-refractivity contribution in [3.63, 3.8) is 0 Å². The molecule has 0 unspecified atom stereocenters. The predicted octanol–water partition coefficient (Wildman–Crippen LogP) is 4.27. The third-order valence-electron chi connectivity index (χ3n) is 4.49. The normalized spacial score (nSPS) is 20.4. The number of amides is 1. The Morgan fingerprint density at radius 2 is 1.95 bits per heavy atom. The zero-order chi connectivity index (χ0) is 15.2. The summed E-state index contributed by atoms with van der Waals surface area (Å²) in [4.78, 5) is 12.4. The lowest BCUT2D eigenvalue weighted by Crippen LogP contribution is -2.41. The first-order valence-corrected chi connectivity index (χ1v) is 7.98. The van der Waals surface area contributed by atoms with Gasteiger partial charge in [-0.05, 0) is 37.0 Å². The van der Waals surface area contributed by atoms with E-state index in [2.05, 4.69) is 5.32 Å². The molecule has 1 aromatic rings. The average Bonchev–Trinajstić information content (AvgIpc) is 2.98. The highest BCUT2D eigenvalue weighted by molar-refractivity contribution is 6.38. The molecule has 3 nitrogen and oxygen atoms in total. The fourth-order valence-electron chi connectivity index (χ4n) is 3.44. The van der Waals surface area contributed by atoms with E-state index in [0.717, 1.165) is 31.2 Å². The van der Waals surface area contributed by atoms with Crippen molar-refractivity contribution in [1.29, 1.82) is 0 Å². The molecule has 1 aliphatic carbocycles. The van der Waals surface area contributed by atoms with E-state index in [0.29, 0.717) is 27.6 Å². The van der Waals surface area contributed by atoms with Crippen LogP contribution in [0, 0.1) is 0 Å². The van der Waals surface area contributed by atoms with Crippen LogP contribution in [0.1, 0.15) is 43.7 Å². The molecule has 112 valence electrons. The largest absolute Gasteiger partial charge is 0.509 e. The van der Waals surface area contributed by atoms with Crippen LogP contribution in [0.25, 0.3) is 5.57 Å². The summed E-state index contributed by atoms with van der Waals surface area (Å²) >= 11 is 12.3. The van der Waals surface area contributed by atoms with Gasteiger partial charge in [0.2, 0.25) is 0 Å². The highest BCUT2D eigenvalue weighted by atomic mass is 35.5. The van der Waals surface area contributed by atoms with Gasteiger partial charge in [0.1, 0.15) is 5.76 Å². The topological polar surface area (TPSA) is 49.3 Å². The summed E-state index contributed by atoms with van der Waals surface area (Å²) in [6.45, 7) is 1.97. The maximum Gasteiger partial charge on any atom is 0.256 e. The van der Waals surface area contributed by atoms with Gasteiger partial charge in [-0.25, -0.2) is 0 Å². The zero-order valence-electron chi connectivity index (χ0n) is 11.8. The van der Waals surface area contributed by atoms with Crippen LogP contribution in [0.4, 0.5) is 0 Å². The number of benzene rings is 1. The van der Waals surface area contributed by atoms with Gasteiger partial charge in [-0.3, -0.25) is 4.79 Å². The molecule has 2 aliphatic rings. The molecule has 0 radical (unpaired) electrons. The number of aliphatic hydroxyl groups is 1. The van der Waals surface area contributed by atoms with E-state index in [4.69, 9.17) is 23.2 Å². The highest BCUT2D eigenvalue weighted by Gasteiger charge is 2.48. The molecule has 1 saturated carbocycles. The first-order valence-electron chi connectivity index (χ1n) is 7.23. The van der Waals surface area contributed by atoms with Gasteiger partial charge < -0.3 is 10.4 Å². The van der Waals surface area contributed by atoms with Gasteiger partial charge in [0, 0.05) is 10.6 Å². The standard InChI is InChI=1S/C16H17Cl2NO2/c1-2-9-7-10(17)8-11(18)12(9)13-14(20)16(19-15(13)21)5-3-4-6-16/h7-8,20H,2-6H2,1H3,(H,19,21). The molecule has 0 atom stereocenters. The summed E-state index contributed by atoms with van der Waals surface area (Å²) in [5.41, 5.74) is 1.22. The van der Waals surface area contributed by atoms with Gasteiger partial charge in [-0.2, -0.15) is 0 Å². The van der Waals surface area contributed by atoms with Crippen LogP contribution in [-0.2, 0) is 11.2 Å². The summed E-state index contributed by atoms with van der Waals surface area (Å²) in [5.74, 6) is -0.0998. The number of hydrogen-bond donors (Lipinski definition) is 2. The second-order valence-electron chi connectivity index (χ2n) is 5.74. The number of rotatable bonds is 2. The third-order valence-corrected chi connectivity index (χ3v) is 5.01. The van der Waals surface area contributed by atoms with Gasteiger partial charge in [-0.15, -0.1) is 0 Å². The zero-order valence-corrected chi connectivity index (χ0v) is 13.3. The summed E-state index contributed by atoms with van der Waals surface area (Å²) in [5, 5.41) is 14.6. The average molecular weight is 326 g/mol. The quantitative estimate of drug-likeness (QED) is 0.853. The van der Waals surface area contributed by atoms with Crippen molar-refractivity contribution in [2.45, 2.75) is 44.6 Å². The van der Waals surface area contributed by atoms with Crippen molar-refractivity contribution in [1.82, 2.24) is 5.32 Å². The Balaban J connectivity index is 2.20. The van der Waals surface area contributed by atoms with Crippen molar-refractivity contribution in [2.24, 2.45) is 0 Å². The van der Waals surface area contributed by atoms with Crippen LogP contribution < -0.4 is 5.32 Å². The fraction of sp³-hybridized carbons (Fsp3) is 0.438. The summed E-state index contributed by atoms with van der Waals surface area (Å²) in [7, 11) is 0. The Labute approximate surface area is 133 Å². The minimum absolute atomic E-state index is 0.143. The Kier molecular flexibility index (Phi) is 3.66. The van der Waals surface area contributed by atoms with Gasteiger partial charge >= 0.3 is 0 Å². The number of aliphatic hydroxyl groups excluding tert-OH is 1. The van der Waals surface area contributed by atoms with Crippen molar-refractivity contribution in [2.75, 3.05) is 0 Å². The molecule has 0 saturated heterocycles. The second kappa shape index (κ2) is 5.22. The lowest BCUT2D eigenvalue weighted by molar-refractivity contribution is -0.116. The molecule has 1 spiro atoms. The van der Waals surface area contributed by atoms with E-state index >= 15 is 0 Å². The SMILES string of the molecule is CCc1cc(Cl)cc(Cl)c1C1=C(O)C2(CCCC2)NC1=O. The molecule has 0 aromatic heterocycles. The van der Waals surface area contributed by atoms with Gasteiger partial charge in [-0.1, -0.05) is 43.0 Å². The number of hydrogen-bond acceptors (Lipinski definition) is 2. The molecule has 1 heterocycles. The van der Waals surface area contributed by atoms with E-state index in [1.54, 1.807) is 12.1 Å². The summed E-state index contributed by atoms with van der Waals surface area (Å²) in [6, 6.07) is 3.42. The Bertz CT molecular complexity index is 646. The number of carbonyl (C=O) groups excluding carboxylic acids is 1. The number of aryl methyl sites for hydroxylation is 1. The molecule has 1 amide bonds. The molecule has 1 aromatic carbocycles. The van der Waals surface area contributed by atoms with Crippen molar-refractivity contribution in [3.8, 4) is 0 Å². The minimum atomic E-state index is -0.583. The fourth-order valence-corrected chi connectivity index (χ4v) is 4.07. The first kappa shape index (κ1) is 14.7. The van der Waals surface area contributed by atoms with Crippen LogP contribution >= 0.6 is 23.2 Å². The molecule has 1 fully saturated rings. The molecular weight excluding hydrogens is 309 g/mol. The molecule has 5 heteroatoms. The van der Waals surface area contributed by atoms with Gasteiger partial charge in [0.15, 0.2) is 0 Å². The van der Waals surface area contributed by atoms with E-state index in [9.17, 15) is 9.90 Å². The summed E-state index contributed by atoms with van der Waals surface area (Å²) < 4.78 is 0. The maximum absolute atomic E-state index is 12.4. The van der Waals surface area contributed by atoms with Crippen LogP contribution in [-0.4, -0.2) is 16.6 Å². The molecule has 21 heavy (non-hydrogen) atoms. The van der Waals surface area contributed by atoms with E-state index in [1.165, 1.54) is 0 Å². The van der Waals surface area contributed by atoms with E-state index < -0.39 is 5.54 Å². The van der Waals surface area contributed by atoms with Gasteiger partial charge in [0.05, 0.1) is 16.1 Å². The van der Waals surface area contributed by atoms with Crippen LogP contribution in [0.2, 0.25) is 10.0 Å². The van der Waals surface area contributed by atoms with Crippen LogP contribution in [0.5, 0.6) is 0 Å². The smallest absolute Gasteiger partial charge is 0.256 e. The van der Waals surface area contributed by atoms with Crippen LogP contribution in [0.15, 0.2) is 17.9 Å². The Hall–Kier alpha value is -1.19. The van der Waals surface area contributed by atoms with Crippen molar-refractivity contribution in [3.05, 3.63) is 39.1 Å². The number of carbonyl (C=O) groups is 1. The lowest BCUT2D eigenvalue weighted by atomic mass is 9.92. The van der Waals surface area contributed by atoms with E-state index in [-0.39, 0.29) is 11.7 Å². The number of halogens is 2. The first-order chi connectivity index (χ1) is 9.98. The predicted molar refractivity (Wildman–Crippen MR) is 84.7 cm³/mol. The Morgan fingerprint density at radius 3 is 2.57 bits per heavy atom. The van der Waals surface area contributed by atoms with Gasteiger partial charge in [0.25, 0.3) is 5.91 Å². The Morgan fingerprint density at radius 1 is 1.29 bits per heavy atom. The second-order valence-corrected chi connectivity index (χ2v) is 6.59. The number of nitrogens with one attached hydrogen (secondary N) is 1. The molecule has 3 rings (SSSR count). The lowest BCUT2D eigenvalue weighted by Gasteiger charge is -2.23. The molecule has 0 bridgehead atoms. The summed E-state index contributed by atoms with van der Waals surface area (Å²) in [6.07, 6.45) is 4.26.